The first-order chi connectivity index (χ1) is 8.34. The monoisotopic (exact) mass is 230 g/mol. The second kappa shape index (κ2) is 4.45. The Kier molecular flexibility index (Phi) is 2.81. The minimum Gasteiger partial charge on any atom is -0.305 e. The molecule has 1 fully saturated rings. The van der Waals surface area contributed by atoms with E-state index >= 15 is 0 Å². The highest BCUT2D eigenvalue weighted by Crippen LogP contribution is 2.21. The van der Waals surface area contributed by atoms with Gasteiger partial charge in [0.05, 0.1) is 6.04 Å². The van der Waals surface area contributed by atoms with Crippen LogP contribution in [-0.2, 0) is 0 Å². The summed E-state index contributed by atoms with van der Waals surface area (Å²) in [5.74, 6) is 1.01. The molecule has 0 radical (unpaired) electrons. The van der Waals surface area contributed by atoms with Gasteiger partial charge in [-0.25, -0.2) is 0 Å². The second-order valence-corrected chi connectivity index (χ2v) is 4.86. The van der Waals surface area contributed by atoms with Crippen molar-refractivity contribution in [3.63, 3.8) is 0 Å². The highest BCUT2D eigenvalue weighted by molar-refractivity contribution is 5.37. The van der Waals surface area contributed by atoms with Crippen LogP contribution in [0.25, 0.3) is 5.65 Å². The molecule has 1 aliphatic carbocycles. The van der Waals surface area contributed by atoms with Gasteiger partial charge < -0.3 is 5.32 Å². The largest absolute Gasteiger partial charge is 0.305 e. The maximum atomic E-state index is 4.29. The van der Waals surface area contributed by atoms with Crippen LogP contribution in [0.1, 0.15) is 44.5 Å². The lowest BCUT2D eigenvalue weighted by atomic mass is 10.2. The fourth-order valence-corrected chi connectivity index (χ4v) is 2.68. The average Bonchev–Trinajstić information content (AvgIpc) is 2.96. The van der Waals surface area contributed by atoms with E-state index in [0.29, 0.717) is 6.04 Å². The van der Waals surface area contributed by atoms with Crippen LogP contribution in [0.4, 0.5) is 0 Å². The van der Waals surface area contributed by atoms with Gasteiger partial charge in [0.2, 0.25) is 0 Å². The fraction of sp³-hybridized carbons (Fsp3) is 0.538. The van der Waals surface area contributed by atoms with Gasteiger partial charge in [-0.05, 0) is 31.9 Å². The normalized spacial score (nSPS) is 18.9. The first kappa shape index (κ1) is 10.7. The zero-order valence-electron chi connectivity index (χ0n) is 10.1. The van der Waals surface area contributed by atoms with Crippen molar-refractivity contribution in [2.45, 2.75) is 44.7 Å². The molecule has 1 saturated carbocycles. The quantitative estimate of drug-likeness (QED) is 0.880. The smallest absolute Gasteiger partial charge is 0.160 e. The Labute approximate surface area is 101 Å². The van der Waals surface area contributed by atoms with Crippen molar-refractivity contribution in [3.05, 3.63) is 30.2 Å². The molecule has 4 nitrogen and oxygen atoms in total. The SMILES string of the molecule is CC(NC1CCCC1)c1nnc2ccccn12. The van der Waals surface area contributed by atoms with Crippen molar-refractivity contribution in [1.82, 2.24) is 19.9 Å². The molecule has 2 heterocycles. The summed E-state index contributed by atoms with van der Waals surface area (Å²) in [6.45, 7) is 2.17. The first-order valence-corrected chi connectivity index (χ1v) is 6.40. The van der Waals surface area contributed by atoms with Crippen LogP contribution >= 0.6 is 0 Å². The molecule has 0 amide bonds. The number of pyridine rings is 1. The molecular weight excluding hydrogens is 212 g/mol. The van der Waals surface area contributed by atoms with Gasteiger partial charge in [-0.15, -0.1) is 10.2 Å². The van der Waals surface area contributed by atoms with Crippen LogP contribution in [-0.4, -0.2) is 20.6 Å². The molecule has 0 saturated heterocycles. The van der Waals surface area contributed by atoms with Crippen molar-refractivity contribution in [2.24, 2.45) is 0 Å². The van der Waals surface area contributed by atoms with Gasteiger partial charge in [-0.3, -0.25) is 4.40 Å². The Bertz CT molecular complexity index is 499. The maximum absolute atomic E-state index is 4.29. The molecule has 1 N–H and O–H groups in total. The van der Waals surface area contributed by atoms with E-state index < -0.39 is 0 Å². The van der Waals surface area contributed by atoms with Crippen LogP contribution < -0.4 is 5.32 Å². The van der Waals surface area contributed by atoms with E-state index in [-0.39, 0.29) is 6.04 Å². The third-order valence-corrected chi connectivity index (χ3v) is 3.57. The van der Waals surface area contributed by atoms with Crippen LogP contribution in [0.2, 0.25) is 0 Å². The molecule has 17 heavy (non-hydrogen) atoms. The van der Waals surface area contributed by atoms with Gasteiger partial charge in [-0.2, -0.15) is 0 Å². The van der Waals surface area contributed by atoms with E-state index in [9.17, 15) is 0 Å². The minimum atomic E-state index is 0.260. The van der Waals surface area contributed by atoms with Gasteiger partial charge in [-0.1, -0.05) is 18.9 Å². The Morgan fingerprint density at radius 1 is 1.29 bits per heavy atom. The number of nitrogens with one attached hydrogen (secondary N) is 1. The lowest BCUT2D eigenvalue weighted by Crippen LogP contribution is -2.30. The van der Waals surface area contributed by atoms with Gasteiger partial charge in [0, 0.05) is 12.2 Å². The minimum absolute atomic E-state index is 0.260. The number of aromatic nitrogens is 3. The summed E-state index contributed by atoms with van der Waals surface area (Å²) in [4.78, 5) is 0. The van der Waals surface area contributed by atoms with E-state index in [1.807, 2.05) is 24.4 Å². The summed E-state index contributed by atoms with van der Waals surface area (Å²) in [5.41, 5.74) is 0.919. The molecule has 0 bridgehead atoms. The van der Waals surface area contributed by atoms with Crippen LogP contribution in [0.5, 0.6) is 0 Å². The predicted octanol–water partition coefficient (Wildman–Crippen LogP) is 2.32. The van der Waals surface area contributed by atoms with E-state index in [0.717, 1.165) is 11.5 Å². The summed E-state index contributed by atoms with van der Waals surface area (Å²) < 4.78 is 2.06. The molecular formula is C13H18N4. The first-order valence-electron chi connectivity index (χ1n) is 6.40. The molecule has 0 spiro atoms. The molecule has 3 rings (SSSR count). The second-order valence-electron chi connectivity index (χ2n) is 4.86. The fourth-order valence-electron chi connectivity index (χ4n) is 2.68. The summed E-state index contributed by atoms with van der Waals surface area (Å²) in [6.07, 6.45) is 7.32. The molecule has 90 valence electrons. The lowest BCUT2D eigenvalue weighted by Gasteiger charge is -2.17. The molecule has 2 aromatic rings. The van der Waals surface area contributed by atoms with Gasteiger partial charge in [0.15, 0.2) is 11.5 Å². The van der Waals surface area contributed by atoms with Crippen molar-refractivity contribution in [2.75, 3.05) is 0 Å². The van der Waals surface area contributed by atoms with Crippen LogP contribution in [0, 0.1) is 0 Å². The molecule has 0 aromatic carbocycles. The van der Waals surface area contributed by atoms with E-state index in [1.54, 1.807) is 0 Å². The van der Waals surface area contributed by atoms with E-state index in [2.05, 4.69) is 26.8 Å². The molecule has 1 atom stereocenters. The number of nitrogens with zero attached hydrogens (tertiary/aromatic N) is 3. The van der Waals surface area contributed by atoms with Gasteiger partial charge in [0.25, 0.3) is 0 Å². The molecule has 1 aliphatic rings. The van der Waals surface area contributed by atoms with Gasteiger partial charge in [0.1, 0.15) is 0 Å². The van der Waals surface area contributed by atoms with Crippen molar-refractivity contribution < 1.29 is 0 Å². The number of hydrogen-bond acceptors (Lipinski definition) is 3. The number of fused-ring (bicyclic) bond motifs is 1. The highest BCUT2D eigenvalue weighted by atomic mass is 15.3. The third-order valence-electron chi connectivity index (χ3n) is 3.57. The molecule has 1 unspecified atom stereocenters. The standard InChI is InChI=1S/C13H18N4/c1-10(14-11-6-2-3-7-11)13-16-15-12-8-4-5-9-17(12)13/h4-5,8-11,14H,2-3,6-7H2,1H3. The van der Waals surface area contributed by atoms with Crippen molar-refractivity contribution in [3.8, 4) is 0 Å². The summed E-state index contributed by atoms with van der Waals surface area (Å²) in [6, 6.07) is 6.90. The van der Waals surface area contributed by atoms with Crippen LogP contribution in [0.3, 0.4) is 0 Å². The number of rotatable bonds is 3. The average molecular weight is 230 g/mol. The molecule has 2 aromatic heterocycles. The Balaban J connectivity index is 1.82. The Morgan fingerprint density at radius 3 is 2.94 bits per heavy atom. The summed E-state index contributed by atoms with van der Waals surface area (Å²) in [7, 11) is 0. The van der Waals surface area contributed by atoms with Gasteiger partial charge >= 0.3 is 0 Å². The van der Waals surface area contributed by atoms with Crippen molar-refractivity contribution >= 4 is 5.65 Å². The maximum Gasteiger partial charge on any atom is 0.160 e. The topological polar surface area (TPSA) is 42.2 Å². The van der Waals surface area contributed by atoms with E-state index in [1.165, 1.54) is 25.7 Å². The molecule has 0 aliphatic heterocycles. The summed E-state index contributed by atoms with van der Waals surface area (Å²) in [5, 5.41) is 12.1. The highest BCUT2D eigenvalue weighted by Gasteiger charge is 2.20. The molecule has 4 heteroatoms. The lowest BCUT2D eigenvalue weighted by molar-refractivity contribution is 0.445. The zero-order chi connectivity index (χ0) is 11.7. The number of hydrogen-bond donors (Lipinski definition) is 1. The Morgan fingerprint density at radius 2 is 2.12 bits per heavy atom. The Hall–Kier alpha value is -1.42. The summed E-state index contributed by atoms with van der Waals surface area (Å²) >= 11 is 0. The van der Waals surface area contributed by atoms with Crippen molar-refractivity contribution in [1.29, 1.82) is 0 Å². The third kappa shape index (κ3) is 2.05. The zero-order valence-corrected chi connectivity index (χ0v) is 10.1. The van der Waals surface area contributed by atoms with E-state index in [4.69, 9.17) is 0 Å². The van der Waals surface area contributed by atoms with Crippen LogP contribution in [0.15, 0.2) is 24.4 Å². The predicted molar refractivity (Wildman–Crippen MR) is 66.8 cm³/mol.